The fourth-order valence-electron chi connectivity index (χ4n) is 2.41. The van der Waals surface area contributed by atoms with Crippen LogP contribution in [0.2, 0.25) is 0 Å². The van der Waals surface area contributed by atoms with Gasteiger partial charge in [-0.05, 0) is 18.2 Å². The lowest BCUT2D eigenvalue weighted by Crippen LogP contribution is -2.50. The van der Waals surface area contributed by atoms with E-state index in [1.165, 1.54) is 21.7 Å². The van der Waals surface area contributed by atoms with E-state index >= 15 is 0 Å². The number of urea groups is 1. The van der Waals surface area contributed by atoms with E-state index < -0.39 is 12.0 Å². The minimum Gasteiger partial charge on any atom is -0.478 e. The Balaban J connectivity index is 2.10. The lowest BCUT2D eigenvalue weighted by Gasteiger charge is -2.26. The van der Waals surface area contributed by atoms with Crippen LogP contribution in [0.15, 0.2) is 18.2 Å². The van der Waals surface area contributed by atoms with Gasteiger partial charge < -0.3 is 5.11 Å². The first-order valence-corrected chi connectivity index (χ1v) is 6.29. The van der Waals surface area contributed by atoms with Crippen LogP contribution in [0.5, 0.6) is 0 Å². The summed E-state index contributed by atoms with van der Waals surface area (Å²) in [4.78, 5) is 35.6. The molecule has 3 amide bonds. The van der Waals surface area contributed by atoms with E-state index in [2.05, 4.69) is 10.4 Å². The molecule has 21 heavy (non-hydrogen) atoms. The lowest BCUT2D eigenvalue weighted by molar-refractivity contribution is -0.120. The molecule has 1 aliphatic heterocycles. The number of nitrogens with one attached hydrogen (secondary N) is 1. The van der Waals surface area contributed by atoms with Crippen LogP contribution >= 0.6 is 0 Å². The number of carboxylic acid groups (broad SMARTS) is 1. The van der Waals surface area contributed by atoms with Gasteiger partial charge in [0.25, 0.3) is 0 Å². The first-order chi connectivity index (χ1) is 9.97. The Morgan fingerprint density at radius 1 is 1.38 bits per heavy atom. The molecule has 0 spiro atoms. The molecule has 1 aromatic carbocycles. The quantitative estimate of drug-likeness (QED) is 0.847. The number of anilines is 1. The molecule has 2 aromatic rings. The van der Waals surface area contributed by atoms with Gasteiger partial charge in [-0.2, -0.15) is 5.10 Å². The van der Waals surface area contributed by atoms with Crippen molar-refractivity contribution in [3.8, 4) is 0 Å². The average Bonchev–Trinajstić information content (AvgIpc) is 2.74. The van der Waals surface area contributed by atoms with E-state index in [4.69, 9.17) is 5.11 Å². The number of aromatic nitrogens is 2. The maximum absolute atomic E-state index is 11.9. The highest BCUT2D eigenvalue weighted by atomic mass is 16.4. The molecule has 2 heterocycles. The molecule has 108 valence electrons. The summed E-state index contributed by atoms with van der Waals surface area (Å²) in [6, 6.07) is 4.03. The van der Waals surface area contributed by atoms with Crippen LogP contribution in [-0.2, 0) is 11.8 Å². The van der Waals surface area contributed by atoms with Crippen molar-refractivity contribution in [1.82, 2.24) is 15.1 Å². The number of fused-ring (bicyclic) bond motifs is 1. The average molecular weight is 288 g/mol. The normalized spacial score (nSPS) is 15.4. The Morgan fingerprint density at radius 2 is 2.14 bits per heavy atom. The van der Waals surface area contributed by atoms with Crippen LogP contribution in [0, 0.1) is 0 Å². The highest BCUT2D eigenvalue weighted by Crippen LogP contribution is 2.28. The van der Waals surface area contributed by atoms with E-state index in [1.807, 2.05) is 0 Å². The summed E-state index contributed by atoms with van der Waals surface area (Å²) in [5.74, 6) is -0.812. The number of carboxylic acids is 1. The van der Waals surface area contributed by atoms with E-state index in [-0.39, 0.29) is 24.4 Å². The Kier molecular flexibility index (Phi) is 2.86. The Labute approximate surface area is 118 Å². The number of hydrogen-bond donors (Lipinski definition) is 2. The van der Waals surface area contributed by atoms with Crippen LogP contribution in [0.4, 0.5) is 10.6 Å². The third kappa shape index (κ3) is 2.10. The van der Waals surface area contributed by atoms with E-state index in [9.17, 15) is 14.4 Å². The Morgan fingerprint density at radius 3 is 2.81 bits per heavy atom. The topological polar surface area (TPSA) is 105 Å². The van der Waals surface area contributed by atoms with Gasteiger partial charge in [0.1, 0.15) is 5.82 Å². The molecule has 0 bridgehead atoms. The summed E-state index contributed by atoms with van der Waals surface area (Å²) in [5, 5.41) is 16.1. The number of amides is 3. The zero-order valence-electron chi connectivity index (χ0n) is 11.2. The SMILES string of the molecule is Cn1nc2cc(C(=O)O)ccc2c1N1CCC(=O)NC1=O. The van der Waals surface area contributed by atoms with Crippen molar-refractivity contribution in [3.05, 3.63) is 23.8 Å². The maximum atomic E-state index is 11.9. The van der Waals surface area contributed by atoms with Crippen LogP contribution in [0.3, 0.4) is 0 Å². The molecule has 3 rings (SSSR count). The molecular weight excluding hydrogens is 276 g/mol. The molecule has 1 aromatic heterocycles. The molecule has 1 aliphatic rings. The lowest BCUT2D eigenvalue weighted by atomic mass is 10.1. The smallest absolute Gasteiger partial charge is 0.335 e. The predicted molar refractivity (Wildman–Crippen MR) is 73.2 cm³/mol. The fourth-order valence-corrected chi connectivity index (χ4v) is 2.41. The molecule has 1 saturated heterocycles. The number of rotatable bonds is 2. The number of nitrogens with zero attached hydrogens (tertiary/aromatic N) is 3. The number of benzene rings is 1. The highest BCUT2D eigenvalue weighted by Gasteiger charge is 2.28. The fraction of sp³-hybridized carbons (Fsp3) is 0.231. The van der Waals surface area contributed by atoms with Gasteiger partial charge in [0, 0.05) is 25.4 Å². The summed E-state index contributed by atoms with van der Waals surface area (Å²) >= 11 is 0. The minimum absolute atomic E-state index is 0.130. The summed E-state index contributed by atoms with van der Waals surface area (Å²) in [6.45, 7) is 0.264. The largest absolute Gasteiger partial charge is 0.478 e. The van der Waals surface area contributed by atoms with Crippen molar-refractivity contribution < 1.29 is 19.5 Å². The summed E-state index contributed by atoms with van der Waals surface area (Å²) in [6.07, 6.45) is 0.214. The summed E-state index contributed by atoms with van der Waals surface area (Å²) < 4.78 is 1.51. The summed E-state index contributed by atoms with van der Waals surface area (Å²) in [7, 11) is 1.67. The van der Waals surface area contributed by atoms with Gasteiger partial charge in [-0.3, -0.25) is 19.7 Å². The van der Waals surface area contributed by atoms with Crippen molar-refractivity contribution in [2.75, 3.05) is 11.4 Å². The van der Waals surface area contributed by atoms with Crippen molar-refractivity contribution in [2.45, 2.75) is 6.42 Å². The summed E-state index contributed by atoms with van der Waals surface area (Å²) in [5.41, 5.74) is 0.613. The number of carbonyl (C=O) groups is 3. The molecule has 2 N–H and O–H groups in total. The van der Waals surface area contributed by atoms with Gasteiger partial charge >= 0.3 is 12.0 Å². The second kappa shape index (κ2) is 4.58. The zero-order valence-corrected chi connectivity index (χ0v) is 11.2. The number of imide groups is 1. The van der Waals surface area contributed by atoms with Crippen LogP contribution in [0.1, 0.15) is 16.8 Å². The third-order valence-corrected chi connectivity index (χ3v) is 3.36. The molecule has 8 heteroatoms. The molecule has 0 atom stereocenters. The Hall–Kier alpha value is -2.90. The van der Waals surface area contributed by atoms with E-state index in [0.717, 1.165) is 0 Å². The van der Waals surface area contributed by atoms with Crippen LogP contribution < -0.4 is 10.2 Å². The van der Waals surface area contributed by atoms with Crippen LogP contribution in [-0.4, -0.2) is 39.3 Å². The van der Waals surface area contributed by atoms with Crippen molar-refractivity contribution in [3.63, 3.8) is 0 Å². The van der Waals surface area contributed by atoms with Gasteiger partial charge in [0.15, 0.2) is 0 Å². The van der Waals surface area contributed by atoms with Crippen molar-refractivity contribution in [2.24, 2.45) is 7.05 Å². The first kappa shape index (κ1) is 13.1. The minimum atomic E-state index is -1.04. The van der Waals surface area contributed by atoms with Gasteiger partial charge in [-0.15, -0.1) is 0 Å². The number of carbonyl (C=O) groups excluding carboxylic acids is 2. The Bertz CT molecular complexity index is 780. The van der Waals surface area contributed by atoms with Crippen molar-refractivity contribution >= 4 is 34.6 Å². The molecule has 8 nitrogen and oxygen atoms in total. The van der Waals surface area contributed by atoms with Crippen LogP contribution in [0.25, 0.3) is 10.9 Å². The van der Waals surface area contributed by atoms with E-state index in [0.29, 0.717) is 16.7 Å². The molecule has 0 unspecified atom stereocenters. The standard InChI is InChI=1S/C13H12N4O4/c1-16-11(17-5-4-10(18)14-13(17)21)8-3-2-7(12(19)20)6-9(8)15-16/h2-3,6H,4-5H2,1H3,(H,19,20)(H,14,18,21). The molecule has 0 aliphatic carbocycles. The van der Waals surface area contributed by atoms with Crippen molar-refractivity contribution in [1.29, 1.82) is 0 Å². The second-order valence-electron chi connectivity index (χ2n) is 4.74. The van der Waals surface area contributed by atoms with Gasteiger partial charge in [0.05, 0.1) is 11.1 Å². The zero-order chi connectivity index (χ0) is 15.1. The number of hydrogen-bond acceptors (Lipinski definition) is 4. The van der Waals surface area contributed by atoms with Gasteiger partial charge in [0.2, 0.25) is 5.91 Å². The van der Waals surface area contributed by atoms with E-state index in [1.54, 1.807) is 13.1 Å². The van der Waals surface area contributed by atoms with Gasteiger partial charge in [-0.1, -0.05) is 0 Å². The molecular formula is C13H12N4O4. The monoisotopic (exact) mass is 288 g/mol. The molecule has 0 radical (unpaired) electrons. The number of aryl methyl sites for hydroxylation is 1. The van der Waals surface area contributed by atoms with Gasteiger partial charge in [-0.25, -0.2) is 9.59 Å². The first-order valence-electron chi connectivity index (χ1n) is 6.29. The maximum Gasteiger partial charge on any atom is 0.335 e. The highest BCUT2D eigenvalue weighted by molar-refractivity contribution is 6.09. The third-order valence-electron chi connectivity index (χ3n) is 3.36. The molecule has 1 fully saturated rings. The predicted octanol–water partition coefficient (Wildman–Crippen LogP) is 0.718. The second-order valence-corrected chi connectivity index (χ2v) is 4.74. The molecule has 0 saturated carbocycles. The number of aromatic carboxylic acids is 1.